The molecule has 2 aliphatic carbocycles. The van der Waals surface area contributed by atoms with Crippen molar-refractivity contribution in [3.63, 3.8) is 0 Å². The van der Waals surface area contributed by atoms with Crippen molar-refractivity contribution >= 4 is 71.6 Å². The summed E-state index contributed by atoms with van der Waals surface area (Å²) in [6.45, 7) is 0. The highest BCUT2D eigenvalue weighted by molar-refractivity contribution is 9.10. The summed E-state index contributed by atoms with van der Waals surface area (Å²) >= 11 is 3.56. The van der Waals surface area contributed by atoms with E-state index < -0.39 is 12.5 Å². The van der Waals surface area contributed by atoms with E-state index in [9.17, 15) is 10.0 Å². The lowest BCUT2D eigenvalue weighted by Crippen LogP contribution is -2.32. The molecular weight excluding hydrogens is 1350 g/mol. The van der Waals surface area contributed by atoms with Gasteiger partial charge in [0.1, 0.15) is 0 Å². The molecule has 4 heteroatoms. The van der Waals surface area contributed by atoms with Gasteiger partial charge in [-0.3, -0.25) is 0 Å². The standard InChI is InChI=1S/C51H34.C26H17Br.C25H19BO2/c1-3-15-37(16-4-1)49-43-21-7-9-23-45(43)50(46-24-10-8-22-44(46)49)38-29-27-35(28-30-38)36-31-33-40(34-32-36)51(39-17-5-2-6-18-39)47-25-13-11-19-41(47)42-20-12-14-26-48(42)51;27-20-16-14-19(15-17-20)26-23-12-6-4-10-21(23)25(18-8-2-1-3-9-18)22-11-5-7-13-24(22)26;27-26(28)20-16-14-19(15-17-20)25(18-8-2-1-3-9-18)23-12-6-4-10-21(23)22-11-5-7-13-24(22)25/h1-34H;1-17H;1-17,27-28H. The highest BCUT2D eigenvalue weighted by Gasteiger charge is 2.47. The number of halogens is 1. The van der Waals surface area contributed by atoms with Crippen molar-refractivity contribution in [2.45, 2.75) is 10.8 Å². The lowest BCUT2D eigenvalue weighted by atomic mass is 9.67. The molecule has 0 spiro atoms. The molecule has 0 fully saturated rings. The van der Waals surface area contributed by atoms with Crippen LogP contribution in [0.2, 0.25) is 0 Å². The average Bonchev–Trinajstić information content (AvgIpc) is 1.55. The zero-order chi connectivity index (χ0) is 71.1. The minimum Gasteiger partial charge on any atom is -0.423 e. The van der Waals surface area contributed by atoms with Crippen LogP contribution in [0.1, 0.15) is 44.5 Å². The van der Waals surface area contributed by atoms with Gasteiger partial charge in [0.05, 0.1) is 10.8 Å². The van der Waals surface area contributed by atoms with Crippen molar-refractivity contribution in [3.8, 4) is 77.9 Å². The molecule has 0 saturated heterocycles. The second-order valence-electron chi connectivity index (χ2n) is 27.5. The van der Waals surface area contributed by atoms with Gasteiger partial charge in [-0.25, -0.2) is 0 Å². The molecule has 0 radical (unpaired) electrons. The Hall–Kier alpha value is -12.5. The first-order chi connectivity index (χ1) is 52.4. The monoisotopic (exact) mass is 1420 g/mol. The van der Waals surface area contributed by atoms with E-state index in [4.69, 9.17) is 0 Å². The van der Waals surface area contributed by atoms with Crippen LogP contribution in [0.4, 0.5) is 0 Å². The van der Waals surface area contributed by atoms with Gasteiger partial charge in [0.15, 0.2) is 0 Å². The van der Waals surface area contributed by atoms with E-state index in [1.54, 1.807) is 12.1 Å². The number of fused-ring (bicyclic) bond motifs is 10. The molecular formula is C102H70BBrO2. The van der Waals surface area contributed by atoms with Gasteiger partial charge in [0.2, 0.25) is 0 Å². The minimum absolute atomic E-state index is 0.384. The Morgan fingerprint density at radius 1 is 0.189 bits per heavy atom. The summed E-state index contributed by atoms with van der Waals surface area (Å²) < 4.78 is 1.10. The third-order valence-electron chi connectivity index (χ3n) is 21.9. The van der Waals surface area contributed by atoms with E-state index in [2.05, 4.69) is 398 Å². The Labute approximate surface area is 627 Å². The van der Waals surface area contributed by atoms with Crippen LogP contribution in [-0.2, 0) is 10.8 Å². The smallest absolute Gasteiger partial charge is 0.423 e. The predicted molar refractivity (Wildman–Crippen MR) is 449 cm³/mol. The largest absolute Gasteiger partial charge is 0.488 e. The molecule has 0 saturated carbocycles. The summed E-state index contributed by atoms with van der Waals surface area (Å²) in [4.78, 5) is 0. The van der Waals surface area contributed by atoms with Crippen molar-refractivity contribution in [2.24, 2.45) is 0 Å². The third kappa shape index (κ3) is 11.1. The molecule has 2 aliphatic rings. The molecule has 2 N–H and O–H groups in total. The number of hydrogen-bond donors (Lipinski definition) is 2. The molecule has 106 heavy (non-hydrogen) atoms. The first kappa shape index (κ1) is 65.5. The fourth-order valence-electron chi connectivity index (χ4n) is 17.4. The van der Waals surface area contributed by atoms with Crippen LogP contribution in [-0.4, -0.2) is 17.2 Å². The van der Waals surface area contributed by atoms with Gasteiger partial charge in [0, 0.05) is 4.47 Å². The van der Waals surface area contributed by atoms with Crippen LogP contribution in [0.5, 0.6) is 0 Å². The average molecular weight is 1420 g/mol. The molecule has 0 atom stereocenters. The van der Waals surface area contributed by atoms with Gasteiger partial charge in [-0.1, -0.05) is 416 Å². The van der Waals surface area contributed by atoms with E-state index >= 15 is 0 Å². The summed E-state index contributed by atoms with van der Waals surface area (Å²) in [7, 11) is -1.47. The van der Waals surface area contributed by atoms with Gasteiger partial charge >= 0.3 is 7.12 Å². The van der Waals surface area contributed by atoms with E-state index in [1.807, 2.05) is 18.2 Å². The maximum atomic E-state index is 9.53. The first-order valence-electron chi connectivity index (χ1n) is 36.3. The van der Waals surface area contributed by atoms with Crippen LogP contribution < -0.4 is 5.46 Å². The molecule has 0 heterocycles. The fraction of sp³-hybridized carbons (Fsp3) is 0.0196. The number of benzene rings is 18. The zero-order valence-electron chi connectivity index (χ0n) is 58.1. The Bertz CT molecular complexity index is 6050. The zero-order valence-corrected chi connectivity index (χ0v) is 59.7. The van der Waals surface area contributed by atoms with E-state index in [0.717, 1.165) is 10.0 Å². The lowest BCUT2D eigenvalue weighted by molar-refractivity contribution is 0.425. The van der Waals surface area contributed by atoms with Gasteiger partial charge in [-0.15, -0.1) is 0 Å². The molecule has 0 amide bonds. The summed E-state index contributed by atoms with van der Waals surface area (Å²) in [6, 6.07) is 148. The highest BCUT2D eigenvalue weighted by atomic mass is 79.9. The van der Waals surface area contributed by atoms with Crippen LogP contribution in [0.3, 0.4) is 0 Å². The van der Waals surface area contributed by atoms with Crippen LogP contribution >= 0.6 is 15.9 Å². The molecule has 500 valence electrons. The normalized spacial score (nSPS) is 12.6. The number of hydrogen-bond acceptors (Lipinski definition) is 2. The first-order valence-corrected chi connectivity index (χ1v) is 37.1. The SMILES string of the molecule is Brc1ccc(-c2c3ccccc3c(-c3ccccc3)c3ccccc23)cc1.OB(O)c1ccc(C2(c3ccccc3)c3ccccc3-c3ccccc32)cc1.c1ccc(-c2c3ccccc3c(-c3ccc(-c4ccc(C5(c6ccccc6)c6ccccc6-c6ccccc65)cc4)cc3)c3ccccc23)cc1. The predicted octanol–water partition coefficient (Wildman–Crippen LogP) is 25.2. The molecule has 0 aliphatic heterocycles. The van der Waals surface area contributed by atoms with Crippen molar-refractivity contribution < 1.29 is 10.0 Å². The van der Waals surface area contributed by atoms with Crippen LogP contribution in [0.15, 0.2) is 417 Å². The van der Waals surface area contributed by atoms with E-state index in [1.165, 1.54) is 160 Å². The Morgan fingerprint density at radius 2 is 0.396 bits per heavy atom. The van der Waals surface area contributed by atoms with Crippen molar-refractivity contribution in [3.05, 3.63) is 461 Å². The fourth-order valence-corrected chi connectivity index (χ4v) is 17.7. The highest BCUT2D eigenvalue weighted by Crippen LogP contribution is 2.58. The molecule has 2 nitrogen and oxygen atoms in total. The van der Waals surface area contributed by atoms with Crippen molar-refractivity contribution in [1.29, 1.82) is 0 Å². The quantitative estimate of drug-likeness (QED) is 0.106. The van der Waals surface area contributed by atoms with Crippen molar-refractivity contribution in [2.75, 3.05) is 0 Å². The summed E-state index contributed by atoms with van der Waals surface area (Å²) in [6.07, 6.45) is 0. The molecule has 0 unspecified atom stereocenters. The molecule has 18 aromatic carbocycles. The summed E-state index contributed by atoms with van der Waals surface area (Å²) in [5.41, 5.74) is 27.4. The maximum absolute atomic E-state index is 9.53. The minimum atomic E-state index is -1.47. The Morgan fingerprint density at radius 3 is 0.689 bits per heavy atom. The third-order valence-corrected chi connectivity index (χ3v) is 22.4. The van der Waals surface area contributed by atoms with E-state index in [-0.39, 0.29) is 5.41 Å². The molecule has 0 bridgehead atoms. The second kappa shape index (κ2) is 27.9. The van der Waals surface area contributed by atoms with Crippen LogP contribution in [0, 0.1) is 0 Å². The van der Waals surface area contributed by atoms with Gasteiger partial charge in [-0.2, -0.15) is 0 Å². The van der Waals surface area contributed by atoms with Gasteiger partial charge in [-0.05, 0) is 183 Å². The molecule has 20 rings (SSSR count). The molecule has 18 aromatic rings. The van der Waals surface area contributed by atoms with Gasteiger partial charge < -0.3 is 10.0 Å². The van der Waals surface area contributed by atoms with Crippen molar-refractivity contribution in [1.82, 2.24) is 0 Å². The van der Waals surface area contributed by atoms with E-state index in [0.29, 0.717) is 5.46 Å². The maximum Gasteiger partial charge on any atom is 0.488 e. The number of rotatable bonds is 10. The Balaban J connectivity index is 0.000000123. The summed E-state index contributed by atoms with van der Waals surface area (Å²) in [5, 5.41) is 29.3. The Kier molecular flexibility index (Phi) is 17.2. The molecule has 0 aromatic heterocycles. The lowest BCUT2D eigenvalue weighted by Gasteiger charge is -2.34. The topological polar surface area (TPSA) is 40.5 Å². The second-order valence-corrected chi connectivity index (χ2v) is 28.4. The van der Waals surface area contributed by atoms with Gasteiger partial charge in [0.25, 0.3) is 0 Å². The van der Waals surface area contributed by atoms with Crippen LogP contribution in [0.25, 0.3) is 121 Å². The summed E-state index contributed by atoms with van der Waals surface area (Å²) in [5.74, 6) is 0.